The Bertz CT molecular complexity index is 1310. The highest BCUT2D eigenvalue weighted by atomic mass is 16.5. The molecule has 2 heterocycles. The van der Waals surface area contributed by atoms with Crippen LogP contribution >= 0.6 is 0 Å². The first-order chi connectivity index (χ1) is 15.5. The highest BCUT2D eigenvalue weighted by Crippen LogP contribution is 2.31. The van der Waals surface area contributed by atoms with Gasteiger partial charge in [0.2, 0.25) is 0 Å². The Balaban J connectivity index is 1.85. The molecule has 2 aromatic carbocycles. The van der Waals surface area contributed by atoms with Crippen molar-refractivity contribution in [1.29, 1.82) is 0 Å². The third-order valence-corrected chi connectivity index (χ3v) is 5.44. The summed E-state index contributed by atoms with van der Waals surface area (Å²) in [6, 6.07) is 14.5. The van der Waals surface area contributed by atoms with Crippen molar-refractivity contribution in [2.75, 3.05) is 12.3 Å². The number of benzene rings is 2. The Morgan fingerprint density at radius 3 is 2.47 bits per heavy atom. The molecule has 0 atom stereocenters. The molecule has 0 bridgehead atoms. The number of esters is 1. The Morgan fingerprint density at radius 2 is 1.75 bits per heavy atom. The van der Waals surface area contributed by atoms with Gasteiger partial charge in [-0.3, -0.25) is 9.36 Å². The number of anilines is 1. The average molecular weight is 431 g/mol. The third kappa shape index (κ3) is 4.06. The van der Waals surface area contributed by atoms with Crippen molar-refractivity contribution in [3.8, 4) is 5.69 Å². The molecule has 0 fully saturated rings. The van der Waals surface area contributed by atoms with E-state index in [0.717, 1.165) is 25.7 Å². The number of nitrogen functional groups attached to an aromatic ring is 1. The van der Waals surface area contributed by atoms with Crippen LogP contribution in [0.4, 0.5) is 5.82 Å². The van der Waals surface area contributed by atoms with Crippen LogP contribution in [0.3, 0.4) is 0 Å². The minimum atomic E-state index is -0.518. The molecular formula is C25H26N4O3. The van der Waals surface area contributed by atoms with Gasteiger partial charge in [-0.1, -0.05) is 50.5 Å². The van der Waals surface area contributed by atoms with Crippen molar-refractivity contribution in [1.82, 2.24) is 14.5 Å². The summed E-state index contributed by atoms with van der Waals surface area (Å²) in [4.78, 5) is 34.4. The SMILES string of the molecule is CCCCCCOC(=O)c1c(N)n(-c2cccc(C(C)=O)c2)c2nc3ccccc3nc12. The van der Waals surface area contributed by atoms with Gasteiger partial charge in [0.1, 0.15) is 16.9 Å². The van der Waals surface area contributed by atoms with Crippen LogP contribution in [0.1, 0.15) is 60.2 Å². The van der Waals surface area contributed by atoms with Crippen molar-refractivity contribution in [3.05, 3.63) is 59.7 Å². The zero-order valence-electron chi connectivity index (χ0n) is 18.3. The lowest BCUT2D eigenvalue weighted by molar-refractivity contribution is 0.0501. The van der Waals surface area contributed by atoms with E-state index in [0.29, 0.717) is 40.1 Å². The van der Waals surface area contributed by atoms with Crippen LogP contribution in [0.2, 0.25) is 0 Å². The minimum absolute atomic E-state index is 0.0647. The van der Waals surface area contributed by atoms with Gasteiger partial charge in [0, 0.05) is 11.3 Å². The predicted molar refractivity (Wildman–Crippen MR) is 125 cm³/mol. The first-order valence-electron chi connectivity index (χ1n) is 10.9. The summed E-state index contributed by atoms with van der Waals surface area (Å²) in [6.45, 7) is 3.96. The molecule has 0 amide bonds. The number of ether oxygens (including phenoxy) is 1. The molecule has 0 aliphatic rings. The number of ketones is 1. The number of hydrogen-bond donors (Lipinski definition) is 1. The van der Waals surface area contributed by atoms with E-state index < -0.39 is 5.97 Å². The van der Waals surface area contributed by atoms with E-state index in [9.17, 15) is 9.59 Å². The minimum Gasteiger partial charge on any atom is -0.462 e. The van der Waals surface area contributed by atoms with Gasteiger partial charge in [0.05, 0.1) is 17.6 Å². The number of rotatable bonds is 8. The van der Waals surface area contributed by atoms with Gasteiger partial charge >= 0.3 is 5.97 Å². The van der Waals surface area contributed by atoms with E-state index in [1.165, 1.54) is 6.92 Å². The molecule has 0 unspecified atom stereocenters. The lowest BCUT2D eigenvalue weighted by Crippen LogP contribution is -2.10. The van der Waals surface area contributed by atoms with Gasteiger partial charge in [0.25, 0.3) is 0 Å². The molecule has 0 aliphatic heterocycles. The molecule has 0 saturated heterocycles. The molecule has 0 spiro atoms. The number of para-hydroxylation sites is 2. The fourth-order valence-corrected chi connectivity index (χ4v) is 3.75. The van der Waals surface area contributed by atoms with Crippen LogP contribution in [0.15, 0.2) is 48.5 Å². The first kappa shape index (κ1) is 21.5. The molecule has 0 radical (unpaired) electrons. The van der Waals surface area contributed by atoms with Crippen molar-refractivity contribution in [2.24, 2.45) is 0 Å². The van der Waals surface area contributed by atoms with Gasteiger partial charge in [-0.2, -0.15) is 0 Å². The summed E-state index contributed by atoms with van der Waals surface area (Å²) in [5.74, 6) is -0.394. The molecule has 2 aromatic heterocycles. The maximum atomic E-state index is 13.0. The topological polar surface area (TPSA) is 100 Å². The van der Waals surface area contributed by atoms with Crippen LogP contribution < -0.4 is 5.73 Å². The average Bonchev–Trinajstić information content (AvgIpc) is 3.08. The number of carbonyl (C=O) groups is 2. The van der Waals surface area contributed by atoms with Crippen LogP contribution in [0.25, 0.3) is 27.9 Å². The van der Waals surface area contributed by atoms with E-state index in [-0.39, 0.29) is 17.2 Å². The van der Waals surface area contributed by atoms with Gasteiger partial charge in [0.15, 0.2) is 11.4 Å². The van der Waals surface area contributed by atoms with Gasteiger partial charge < -0.3 is 10.5 Å². The fourth-order valence-electron chi connectivity index (χ4n) is 3.75. The van der Waals surface area contributed by atoms with Crippen LogP contribution in [-0.4, -0.2) is 32.9 Å². The zero-order chi connectivity index (χ0) is 22.7. The lowest BCUT2D eigenvalue weighted by atomic mass is 10.1. The van der Waals surface area contributed by atoms with Crippen molar-refractivity contribution < 1.29 is 14.3 Å². The molecule has 7 nitrogen and oxygen atoms in total. The number of hydrogen-bond acceptors (Lipinski definition) is 6. The van der Waals surface area contributed by atoms with E-state index in [1.54, 1.807) is 22.8 Å². The smallest absolute Gasteiger partial charge is 0.344 e. The highest BCUT2D eigenvalue weighted by molar-refractivity contribution is 6.09. The molecule has 0 saturated carbocycles. The Labute approximate surface area is 186 Å². The Hall–Kier alpha value is -3.74. The standard InChI is InChI=1S/C25H26N4O3/c1-3-4-5-8-14-32-25(31)21-22-24(28-20-13-7-6-12-19(20)27-22)29(23(21)26)18-11-9-10-17(15-18)16(2)30/h6-7,9-13,15H,3-5,8,14,26H2,1-2H3. The number of carbonyl (C=O) groups excluding carboxylic acids is 2. The second kappa shape index (κ2) is 9.18. The monoisotopic (exact) mass is 430 g/mol. The number of nitrogens with zero attached hydrogens (tertiary/aromatic N) is 3. The van der Waals surface area contributed by atoms with Crippen LogP contribution in [-0.2, 0) is 4.74 Å². The van der Waals surface area contributed by atoms with Crippen molar-refractivity contribution >= 4 is 39.8 Å². The summed E-state index contributed by atoms with van der Waals surface area (Å²) in [7, 11) is 0. The van der Waals surface area contributed by atoms with Crippen LogP contribution in [0.5, 0.6) is 0 Å². The van der Waals surface area contributed by atoms with Crippen molar-refractivity contribution in [3.63, 3.8) is 0 Å². The third-order valence-electron chi connectivity index (χ3n) is 5.44. The fraction of sp³-hybridized carbons (Fsp3) is 0.280. The number of unbranched alkanes of at least 4 members (excludes halogenated alkanes) is 3. The summed E-state index contributed by atoms with van der Waals surface area (Å²) in [6.07, 6.45) is 4.01. The molecule has 0 aliphatic carbocycles. The van der Waals surface area contributed by atoms with Gasteiger partial charge in [-0.15, -0.1) is 0 Å². The van der Waals surface area contributed by atoms with E-state index in [1.807, 2.05) is 30.3 Å². The maximum Gasteiger partial charge on any atom is 0.344 e. The molecular weight excluding hydrogens is 404 g/mol. The number of fused-ring (bicyclic) bond motifs is 2. The zero-order valence-corrected chi connectivity index (χ0v) is 18.3. The normalized spacial score (nSPS) is 11.2. The molecule has 164 valence electrons. The summed E-state index contributed by atoms with van der Waals surface area (Å²) >= 11 is 0. The molecule has 4 rings (SSSR count). The Morgan fingerprint density at radius 1 is 1.00 bits per heavy atom. The number of nitrogens with two attached hydrogens (primary N) is 1. The maximum absolute atomic E-state index is 13.0. The Kier molecular flexibility index (Phi) is 6.16. The molecule has 7 heteroatoms. The molecule has 2 N–H and O–H groups in total. The highest BCUT2D eigenvalue weighted by Gasteiger charge is 2.26. The summed E-state index contributed by atoms with van der Waals surface area (Å²) < 4.78 is 7.19. The molecule has 32 heavy (non-hydrogen) atoms. The second-order valence-corrected chi connectivity index (χ2v) is 7.78. The van der Waals surface area contributed by atoms with E-state index in [4.69, 9.17) is 15.5 Å². The van der Waals surface area contributed by atoms with Crippen molar-refractivity contribution in [2.45, 2.75) is 39.5 Å². The lowest BCUT2D eigenvalue weighted by Gasteiger charge is -2.09. The predicted octanol–water partition coefficient (Wildman–Crippen LogP) is 5.10. The van der Waals surface area contributed by atoms with E-state index in [2.05, 4.69) is 11.9 Å². The van der Waals surface area contributed by atoms with Gasteiger partial charge in [-0.05, 0) is 37.6 Å². The van der Waals surface area contributed by atoms with Gasteiger partial charge in [-0.25, -0.2) is 14.8 Å². The summed E-state index contributed by atoms with van der Waals surface area (Å²) in [5, 5.41) is 0. The molecule has 4 aromatic rings. The largest absolute Gasteiger partial charge is 0.462 e. The quantitative estimate of drug-likeness (QED) is 0.237. The first-order valence-corrected chi connectivity index (χ1v) is 10.9. The van der Waals surface area contributed by atoms with Crippen LogP contribution in [0, 0.1) is 0 Å². The summed E-state index contributed by atoms with van der Waals surface area (Å²) in [5.41, 5.74) is 10.0. The number of Topliss-reactive ketones (excluding diaryl/α,β-unsaturated/α-hetero) is 1. The number of aromatic nitrogens is 3. The second-order valence-electron chi connectivity index (χ2n) is 7.78. The van der Waals surface area contributed by atoms with E-state index >= 15 is 0 Å².